The van der Waals surface area contributed by atoms with Crippen LogP contribution in [0.2, 0.25) is 0 Å². The van der Waals surface area contributed by atoms with E-state index in [2.05, 4.69) is 16.0 Å². The first-order chi connectivity index (χ1) is 13.8. The molecule has 9 nitrogen and oxygen atoms in total. The summed E-state index contributed by atoms with van der Waals surface area (Å²) in [5.74, 6) is 3.58. The monoisotopic (exact) mass is 395 g/mol. The molecule has 150 valence electrons. The zero-order chi connectivity index (χ0) is 21.4. The Labute approximate surface area is 167 Å². The smallest absolute Gasteiger partial charge is 0.281 e. The van der Waals surface area contributed by atoms with E-state index in [9.17, 15) is 19.2 Å². The highest BCUT2D eigenvalue weighted by Crippen LogP contribution is 2.13. The molecule has 0 aliphatic carbocycles. The molecule has 9 heteroatoms. The molecule has 0 saturated carbocycles. The molecule has 2 rings (SSSR count). The van der Waals surface area contributed by atoms with E-state index >= 15 is 0 Å². The molecule has 6 N–H and O–H groups in total. The van der Waals surface area contributed by atoms with Crippen LogP contribution in [0.4, 0.5) is 11.4 Å². The van der Waals surface area contributed by atoms with Gasteiger partial charge < -0.3 is 16.0 Å². The van der Waals surface area contributed by atoms with Crippen molar-refractivity contribution in [3.05, 3.63) is 65.4 Å². The molecule has 2 aromatic carbocycles. The topological polar surface area (TPSA) is 142 Å². The van der Waals surface area contributed by atoms with E-state index in [1.54, 1.807) is 36.4 Å². The Hall–Kier alpha value is -3.98. The Kier molecular flexibility index (Phi) is 7.21. The highest BCUT2D eigenvalue weighted by atomic mass is 16.2. The first-order valence-corrected chi connectivity index (χ1v) is 8.58. The zero-order valence-corrected chi connectivity index (χ0v) is 15.9. The highest BCUT2D eigenvalue weighted by molar-refractivity contribution is 6.05. The maximum Gasteiger partial charge on any atom is 0.281 e. The normalized spacial score (nSPS) is 10.7. The van der Waals surface area contributed by atoms with Gasteiger partial charge in [0.2, 0.25) is 11.8 Å². The number of nitrogens with one attached hydrogen (secondary N) is 4. The van der Waals surface area contributed by atoms with Gasteiger partial charge >= 0.3 is 0 Å². The van der Waals surface area contributed by atoms with Gasteiger partial charge in [-0.2, -0.15) is 0 Å². The molecule has 0 fully saturated rings. The Morgan fingerprint density at radius 2 is 1.28 bits per heavy atom. The lowest BCUT2D eigenvalue weighted by atomic mass is 10.1. The number of amides is 4. The molecule has 0 atom stereocenters. The Balaban J connectivity index is 2.18. The maximum absolute atomic E-state index is 12.5. The third-order valence-corrected chi connectivity index (χ3v) is 3.63. The summed E-state index contributed by atoms with van der Waals surface area (Å²) in [6, 6.07) is 12.8. The van der Waals surface area contributed by atoms with Gasteiger partial charge in [-0.3, -0.25) is 24.6 Å². The van der Waals surface area contributed by atoms with Gasteiger partial charge in [-0.15, -0.1) is 0 Å². The number of hydrazine groups is 1. The van der Waals surface area contributed by atoms with Crippen LogP contribution in [0, 0.1) is 0 Å². The van der Waals surface area contributed by atoms with E-state index in [0.29, 0.717) is 16.9 Å². The van der Waals surface area contributed by atoms with E-state index in [-0.39, 0.29) is 23.1 Å². The van der Waals surface area contributed by atoms with E-state index in [0.717, 1.165) is 0 Å². The molecule has 0 aliphatic heterocycles. The third-order valence-electron chi connectivity index (χ3n) is 3.63. The molecule has 0 aromatic heterocycles. The molecule has 0 radical (unpaired) electrons. The van der Waals surface area contributed by atoms with Crippen molar-refractivity contribution in [1.29, 1.82) is 0 Å². The number of carbonyl (C=O) groups is 4. The third kappa shape index (κ3) is 6.60. The molecule has 2 aromatic rings. The van der Waals surface area contributed by atoms with Crippen LogP contribution >= 0.6 is 0 Å². The van der Waals surface area contributed by atoms with Gasteiger partial charge in [0, 0.05) is 30.8 Å². The lowest BCUT2D eigenvalue weighted by molar-refractivity contribution is -0.118. The highest BCUT2D eigenvalue weighted by Gasteiger charge is 2.14. The van der Waals surface area contributed by atoms with Gasteiger partial charge in [0.1, 0.15) is 5.70 Å². The number of nitrogens with two attached hydrogens (primary N) is 1. The summed E-state index contributed by atoms with van der Waals surface area (Å²) in [4.78, 5) is 46.6. The second-order valence-corrected chi connectivity index (χ2v) is 6.05. The minimum absolute atomic E-state index is 0.0595. The fraction of sp³-hybridized carbons (Fsp3) is 0.100. The average molecular weight is 395 g/mol. The lowest BCUT2D eigenvalue weighted by Crippen LogP contribution is -2.38. The summed E-state index contributed by atoms with van der Waals surface area (Å²) in [5.41, 5.74) is 3.97. The van der Waals surface area contributed by atoms with Crippen LogP contribution in [0.15, 0.2) is 54.2 Å². The van der Waals surface area contributed by atoms with Gasteiger partial charge in [0.05, 0.1) is 0 Å². The van der Waals surface area contributed by atoms with E-state index in [4.69, 9.17) is 5.84 Å². The van der Waals surface area contributed by atoms with Gasteiger partial charge in [-0.05, 0) is 48.0 Å². The van der Waals surface area contributed by atoms with Crippen molar-refractivity contribution in [2.75, 3.05) is 10.6 Å². The van der Waals surface area contributed by atoms with Crippen LogP contribution in [-0.2, 0) is 14.4 Å². The minimum atomic E-state index is -0.681. The molecule has 0 heterocycles. The van der Waals surface area contributed by atoms with Crippen molar-refractivity contribution >= 4 is 41.1 Å². The number of hydrogen-bond acceptors (Lipinski definition) is 5. The summed E-state index contributed by atoms with van der Waals surface area (Å²) >= 11 is 0. The molecular weight excluding hydrogens is 374 g/mol. The number of hydrogen-bond donors (Lipinski definition) is 5. The maximum atomic E-state index is 12.5. The van der Waals surface area contributed by atoms with E-state index in [1.165, 1.54) is 32.1 Å². The Bertz CT molecular complexity index is 950. The summed E-state index contributed by atoms with van der Waals surface area (Å²) in [6.07, 6.45) is 1.45. The number of rotatable bonds is 6. The summed E-state index contributed by atoms with van der Waals surface area (Å²) < 4.78 is 0. The summed E-state index contributed by atoms with van der Waals surface area (Å²) in [7, 11) is 0. The van der Waals surface area contributed by atoms with Crippen LogP contribution in [0.3, 0.4) is 0 Å². The van der Waals surface area contributed by atoms with Crippen molar-refractivity contribution in [2.24, 2.45) is 5.84 Å². The minimum Gasteiger partial charge on any atom is -0.326 e. The first kappa shape index (κ1) is 21.3. The predicted octanol–water partition coefficient (Wildman–Crippen LogP) is 1.36. The summed E-state index contributed by atoms with van der Waals surface area (Å²) in [6.45, 7) is 2.78. The molecule has 0 bridgehead atoms. The van der Waals surface area contributed by atoms with Crippen molar-refractivity contribution < 1.29 is 19.2 Å². The molecule has 4 amide bonds. The molecule has 0 saturated heterocycles. The molecule has 0 aliphatic rings. The number of benzene rings is 2. The lowest BCUT2D eigenvalue weighted by Gasteiger charge is -2.10. The molecule has 0 spiro atoms. The summed E-state index contributed by atoms with van der Waals surface area (Å²) in [5, 5.41) is 7.75. The zero-order valence-electron chi connectivity index (χ0n) is 15.9. The van der Waals surface area contributed by atoms with Crippen LogP contribution in [0.5, 0.6) is 0 Å². The molecular formula is C20H21N5O4. The quantitative estimate of drug-likeness (QED) is 0.217. The largest absolute Gasteiger partial charge is 0.326 e. The van der Waals surface area contributed by atoms with Gasteiger partial charge in [0.15, 0.2) is 0 Å². The van der Waals surface area contributed by atoms with Gasteiger partial charge in [-0.1, -0.05) is 12.1 Å². The molecule has 0 unspecified atom stereocenters. The van der Waals surface area contributed by atoms with E-state index < -0.39 is 11.8 Å². The number of carbonyl (C=O) groups excluding carboxylic acids is 4. The van der Waals surface area contributed by atoms with Crippen molar-refractivity contribution in [3.63, 3.8) is 0 Å². The van der Waals surface area contributed by atoms with Crippen LogP contribution in [-0.4, -0.2) is 23.6 Å². The fourth-order valence-corrected chi connectivity index (χ4v) is 2.37. The number of anilines is 2. The Morgan fingerprint density at radius 3 is 1.72 bits per heavy atom. The van der Waals surface area contributed by atoms with Crippen LogP contribution < -0.4 is 27.2 Å². The SMILES string of the molecule is CC(=O)Nc1ccc(/C=C(\NC(=O)c2ccc(NC(C)=O)cc2)C(=O)NN)cc1. The predicted molar refractivity (Wildman–Crippen MR) is 109 cm³/mol. The second kappa shape index (κ2) is 9.81. The average Bonchev–Trinajstić information content (AvgIpc) is 2.68. The van der Waals surface area contributed by atoms with Crippen LogP contribution in [0.25, 0.3) is 6.08 Å². The van der Waals surface area contributed by atoms with Crippen molar-refractivity contribution in [1.82, 2.24) is 10.7 Å². The fourth-order valence-electron chi connectivity index (χ4n) is 2.37. The van der Waals surface area contributed by atoms with E-state index in [1.807, 2.05) is 5.43 Å². The van der Waals surface area contributed by atoms with Gasteiger partial charge in [0.25, 0.3) is 11.8 Å². The van der Waals surface area contributed by atoms with Crippen molar-refractivity contribution in [2.45, 2.75) is 13.8 Å². The van der Waals surface area contributed by atoms with Crippen molar-refractivity contribution in [3.8, 4) is 0 Å². The van der Waals surface area contributed by atoms with Crippen LogP contribution in [0.1, 0.15) is 29.8 Å². The Morgan fingerprint density at radius 1 is 0.793 bits per heavy atom. The van der Waals surface area contributed by atoms with Gasteiger partial charge in [-0.25, -0.2) is 5.84 Å². The standard InChI is InChI=1S/C20H21N5O4/c1-12(26)22-16-7-3-14(4-8-16)11-18(20(29)25-21)24-19(28)15-5-9-17(10-6-15)23-13(2)27/h3-11H,21H2,1-2H3,(H,22,26)(H,23,27)(H,24,28)(H,25,29)/b18-11-. The second-order valence-electron chi connectivity index (χ2n) is 6.05. The first-order valence-electron chi connectivity index (χ1n) is 8.58. The molecule has 29 heavy (non-hydrogen) atoms.